The standard InChI is InChI=1S/C10H21N/c1-8(2)6-9(7-11)10(3,4)5/h9H,1,6-7,11H2,2-5H3. The van der Waals surface area contributed by atoms with E-state index in [1.165, 1.54) is 5.57 Å². The molecule has 0 saturated heterocycles. The van der Waals surface area contributed by atoms with Gasteiger partial charge in [-0.1, -0.05) is 26.3 Å². The molecule has 0 aliphatic rings. The third-order valence-electron chi connectivity index (χ3n) is 2.10. The number of nitrogens with two attached hydrogens (primary N) is 1. The molecule has 0 amide bonds. The van der Waals surface area contributed by atoms with Crippen LogP contribution >= 0.6 is 0 Å². The number of allylic oxidation sites excluding steroid dienone is 1. The molecule has 0 heterocycles. The van der Waals surface area contributed by atoms with Gasteiger partial charge in [0.05, 0.1) is 0 Å². The molecule has 0 radical (unpaired) electrons. The Bertz CT molecular complexity index is 130. The van der Waals surface area contributed by atoms with Crippen LogP contribution in [0.4, 0.5) is 0 Å². The van der Waals surface area contributed by atoms with Crippen molar-refractivity contribution in [3.8, 4) is 0 Å². The molecule has 66 valence electrons. The van der Waals surface area contributed by atoms with Gasteiger partial charge >= 0.3 is 0 Å². The van der Waals surface area contributed by atoms with Crippen LogP contribution in [-0.2, 0) is 0 Å². The molecule has 1 atom stereocenters. The molecule has 0 rings (SSSR count). The van der Waals surface area contributed by atoms with E-state index in [4.69, 9.17) is 5.73 Å². The van der Waals surface area contributed by atoms with Gasteiger partial charge in [-0.25, -0.2) is 0 Å². The lowest BCUT2D eigenvalue weighted by Gasteiger charge is -2.29. The third-order valence-corrected chi connectivity index (χ3v) is 2.10. The van der Waals surface area contributed by atoms with Crippen LogP contribution in [0.3, 0.4) is 0 Å². The van der Waals surface area contributed by atoms with E-state index in [0.717, 1.165) is 13.0 Å². The minimum absolute atomic E-state index is 0.313. The maximum atomic E-state index is 5.67. The monoisotopic (exact) mass is 155 g/mol. The number of hydrogen-bond donors (Lipinski definition) is 1. The summed E-state index contributed by atoms with van der Waals surface area (Å²) in [7, 11) is 0. The van der Waals surface area contributed by atoms with Gasteiger partial charge in [0.25, 0.3) is 0 Å². The molecule has 2 N–H and O–H groups in total. The van der Waals surface area contributed by atoms with Crippen molar-refractivity contribution in [3.05, 3.63) is 12.2 Å². The van der Waals surface area contributed by atoms with Gasteiger partial charge in [-0.3, -0.25) is 0 Å². The Morgan fingerprint density at radius 3 is 2.00 bits per heavy atom. The Kier molecular flexibility index (Phi) is 3.81. The van der Waals surface area contributed by atoms with Gasteiger partial charge < -0.3 is 5.73 Å². The maximum absolute atomic E-state index is 5.67. The lowest BCUT2D eigenvalue weighted by molar-refractivity contribution is 0.245. The summed E-state index contributed by atoms with van der Waals surface area (Å²) in [6.45, 7) is 13.4. The summed E-state index contributed by atoms with van der Waals surface area (Å²) in [5.74, 6) is 0.569. The van der Waals surface area contributed by atoms with Gasteiger partial charge in [-0.05, 0) is 31.2 Å². The second-order valence-corrected chi connectivity index (χ2v) is 4.46. The van der Waals surface area contributed by atoms with E-state index in [-0.39, 0.29) is 0 Å². The average molecular weight is 155 g/mol. The van der Waals surface area contributed by atoms with Gasteiger partial charge in [-0.2, -0.15) is 0 Å². The molecule has 0 aromatic heterocycles. The molecule has 1 heteroatoms. The van der Waals surface area contributed by atoms with Crippen LogP contribution in [0.15, 0.2) is 12.2 Å². The van der Waals surface area contributed by atoms with Crippen molar-refractivity contribution in [3.63, 3.8) is 0 Å². The van der Waals surface area contributed by atoms with Crippen LogP contribution in [0.25, 0.3) is 0 Å². The zero-order valence-electron chi connectivity index (χ0n) is 8.28. The van der Waals surface area contributed by atoms with E-state index in [9.17, 15) is 0 Å². The predicted octanol–water partition coefficient (Wildman–Crippen LogP) is 2.57. The fraction of sp³-hybridized carbons (Fsp3) is 0.800. The van der Waals surface area contributed by atoms with Gasteiger partial charge in [0.2, 0.25) is 0 Å². The first kappa shape index (κ1) is 10.7. The van der Waals surface area contributed by atoms with Crippen molar-refractivity contribution < 1.29 is 0 Å². The molecule has 1 unspecified atom stereocenters. The molecule has 0 saturated carbocycles. The Hall–Kier alpha value is -0.300. The quantitative estimate of drug-likeness (QED) is 0.623. The minimum atomic E-state index is 0.313. The summed E-state index contributed by atoms with van der Waals surface area (Å²) >= 11 is 0. The van der Waals surface area contributed by atoms with Gasteiger partial charge in [0.15, 0.2) is 0 Å². The Morgan fingerprint density at radius 1 is 1.45 bits per heavy atom. The SMILES string of the molecule is C=C(C)CC(CN)C(C)(C)C. The van der Waals surface area contributed by atoms with Crippen LogP contribution < -0.4 is 5.73 Å². The summed E-state index contributed by atoms with van der Waals surface area (Å²) in [4.78, 5) is 0. The van der Waals surface area contributed by atoms with Gasteiger partial charge in [0.1, 0.15) is 0 Å². The van der Waals surface area contributed by atoms with Crippen LogP contribution in [0.2, 0.25) is 0 Å². The fourth-order valence-electron chi connectivity index (χ4n) is 1.16. The zero-order valence-corrected chi connectivity index (χ0v) is 8.28. The van der Waals surface area contributed by atoms with Crippen LogP contribution in [0.5, 0.6) is 0 Å². The van der Waals surface area contributed by atoms with Crippen molar-refractivity contribution >= 4 is 0 Å². The first-order valence-electron chi connectivity index (χ1n) is 4.22. The minimum Gasteiger partial charge on any atom is -0.330 e. The van der Waals surface area contributed by atoms with Gasteiger partial charge in [-0.15, -0.1) is 6.58 Å². The second kappa shape index (κ2) is 3.91. The highest BCUT2D eigenvalue weighted by atomic mass is 14.6. The highest BCUT2D eigenvalue weighted by Crippen LogP contribution is 2.29. The molecule has 0 aromatic rings. The van der Waals surface area contributed by atoms with Crippen molar-refractivity contribution in [1.82, 2.24) is 0 Å². The molecular weight excluding hydrogens is 134 g/mol. The average Bonchev–Trinajstić information content (AvgIpc) is 1.79. The van der Waals surface area contributed by atoms with Crippen molar-refractivity contribution in [2.75, 3.05) is 6.54 Å². The Labute approximate surface area is 70.7 Å². The third kappa shape index (κ3) is 4.20. The summed E-state index contributed by atoms with van der Waals surface area (Å²) in [6, 6.07) is 0. The van der Waals surface area contributed by atoms with E-state index in [2.05, 4.69) is 34.3 Å². The molecule has 0 fully saturated rings. The van der Waals surface area contributed by atoms with Crippen molar-refractivity contribution in [2.24, 2.45) is 17.1 Å². The van der Waals surface area contributed by atoms with Crippen LogP contribution in [-0.4, -0.2) is 6.54 Å². The number of hydrogen-bond acceptors (Lipinski definition) is 1. The summed E-state index contributed by atoms with van der Waals surface area (Å²) in [5, 5.41) is 0. The molecular formula is C10H21N. The van der Waals surface area contributed by atoms with Crippen LogP contribution in [0, 0.1) is 11.3 Å². The molecule has 0 aliphatic heterocycles. The lowest BCUT2D eigenvalue weighted by Crippen LogP contribution is -2.28. The van der Waals surface area contributed by atoms with E-state index in [0.29, 0.717) is 11.3 Å². The van der Waals surface area contributed by atoms with E-state index >= 15 is 0 Å². The summed E-state index contributed by atoms with van der Waals surface area (Å²) < 4.78 is 0. The first-order chi connectivity index (χ1) is 4.88. The lowest BCUT2D eigenvalue weighted by atomic mass is 9.77. The fourth-order valence-corrected chi connectivity index (χ4v) is 1.16. The summed E-state index contributed by atoms with van der Waals surface area (Å²) in [6.07, 6.45) is 1.06. The normalized spacial score (nSPS) is 14.6. The van der Waals surface area contributed by atoms with Crippen molar-refractivity contribution in [1.29, 1.82) is 0 Å². The maximum Gasteiger partial charge on any atom is -0.00408 e. The molecule has 0 bridgehead atoms. The van der Waals surface area contributed by atoms with Crippen LogP contribution in [0.1, 0.15) is 34.1 Å². The smallest absolute Gasteiger partial charge is 0.00408 e. The second-order valence-electron chi connectivity index (χ2n) is 4.46. The molecule has 0 aliphatic carbocycles. The zero-order chi connectivity index (χ0) is 9.07. The van der Waals surface area contributed by atoms with E-state index in [1.807, 2.05) is 0 Å². The molecule has 0 spiro atoms. The Morgan fingerprint density at radius 2 is 1.91 bits per heavy atom. The highest BCUT2D eigenvalue weighted by Gasteiger charge is 2.22. The van der Waals surface area contributed by atoms with Crippen molar-refractivity contribution in [2.45, 2.75) is 34.1 Å². The van der Waals surface area contributed by atoms with E-state index < -0.39 is 0 Å². The largest absolute Gasteiger partial charge is 0.330 e. The summed E-state index contributed by atoms with van der Waals surface area (Å²) in [5.41, 5.74) is 7.21. The molecule has 1 nitrogen and oxygen atoms in total. The number of rotatable bonds is 3. The first-order valence-corrected chi connectivity index (χ1v) is 4.22. The Balaban J connectivity index is 4.07. The highest BCUT2D eigenvalue weighted by molar-refractivity contribution is 4.93. The molecule has 0 aromatic carbocycles. The van der Waals surface area contributed by atoms with E-state index in [1.54, 1.807) is 0 Å². The predicted molar refractivity (Wildman–Crippen MR) is 51.4 cm³/mol. The molecule has 11 heavy (non-hydrogen) atoms. The topological polar surface area (TPSA) is 26.0 Å². The van der Waals surface area contributed by atoms with Gasteiger partial charge in [0, 0.05) is 0 Å².